The maximum atomic E-state index is 11.8. The molecule has 1 fully saturated rings. The van der Waals surface area contributed by atoms with Gasteiger partial charge in [0.2, 0.25) is 0 Å². The molecule has 2 atom stereocenters. The maximum Gasteiger partial charge on any atom is 0.315 e. The number of nitrogens with one attached hydrogen (secondary N) is 2. The van der Waals surface area contributed by atoms with Crippen LogP contribution in [0.2, 0.25) is 0 Å². The molecule has 0 bridgehead atoms. The summed E-state index contributed by atoms with van der Waals surface area (Å²) in [5, 5.41) is 5.81. The number of carbonyl (C=O) groups excluding carboxylic acids is 1. The highest BCUT2D eigenvalue weighted by Gasteiger charge is 2.19. The first-order valence-electron chi connectivity index (χ1n) is 6.66. The first-order valence-corrected chi connectivity index (χ1v) is 6.66. The third-order valence-electron chi connectivity index (χ3n) is 3.21. The number of amides is 2. The number of carbonyl (C=O) groups is 1. The van der Waals surface area contributed by atoms with Gasteiger partial charge in [-0.1, -0.05) is 30.3 Å². The zero-order valence-corrected chi connectivity index (χ0v) is 11.0. The minimum absolute atomic E-state index is 0.0512. The lowest BCUT2D eigenvalue weighted by Gasteiger charge is -2.19. The molecule has 1 aromatic carbocycles. The molecule has 1 aliphatic heterocycles. The van der Waals surface area contributed by atoms with Gasteiger partial charge in [-0.05, 0) is 18.4 Å². The Balaban J connectivity index is 1.79. The summed E-state index contributed by atoms with van der Waals surface area (Å²) in [5.74, 6) is 0. The number of nitrogens with two attached hydrogens (primary N) is 1. The molecule has 0 saturated carbocycles. The predicted molar refractivity (Wildman–Crippen MR) is 73.9 cm³/mol. The topological polar surface area (TPSA) is 76.4 Å². The lowest BCUT2D eigenvalue weighted by molar-refractivity contribution is 0.188. The van der Waals surface area contributed by atoms with E-state index in [1.54, 1.807) is 0 Å². The minimum Gasteiger partial charge on any atom is -0.379 e. The Kier molecular flexibility index (Phi) is 5.18. The van der Waals surface area contributed by atoms with Crippen molar-refractivity contribution in [3.05, 3.63) is 35.9 Å². The van der Waals surface area contributed by atoms with E-state index < -0.39 is 0 Å². The van der Waals surface area contributed by atoms with Crippen LogP contribution in [0.5, 0.6) is 0 Å². The van der Waals surface area contributed by atoms with Gasteiger partial charge in [0.05, 0.1) is 12.6 Å². The number of hydrogen-bond donors (Lipinski definition) is 3. The fourth-order valence-electron chi connectivity index (χ4n) is 2.15. The third-order valence-corrected chi connectivity index (χ3v) is 3.21. The first-order chi connectivity index (χ1) is 9.28. The quantitative estimate of drug-likeness (QED) is 0.730. The van der Waals surface area contributed by atoms with Crippen molar-refractivity contribution in [1.29, 1.82) is 0 Å². The SMILES string of the molecule is NCC(Cc1ccccc1)NC(=O)NC1CCOC1. The van der Waals surface area contributed by atoms with Crippen molar-refractivity contribution in [1.82, 2.24) is 10.6 Å². The molecule has 5 heteroatoms. The first kappa shape index (κ1) is 13.8. The highest BCUT2D eigenvalue weighted by molar-refractivity contribution is 5.74. The summed E-state index contributed by atoms with van der Waals surface area (Å²) >= 11 is 0. The van der Waals surface area contributed by atoms with Crippen LogP contribution in [0.1, 0.15) is 12.0 Å². The van der Waals surface area contributed by atoms with Crippen LogP contribution in [0.3, 0.4) is 0 Å². The zero-order chi connectivity index (χ0) is 13.5. The number of hydrogen-bond acceptors (Lipinski definition) is 3. The van der Waals surface area contributed by atoms with Crippen LogP contribution in [-0.2, 0) is 11.2 Å². The molecule has 0 spiro atoms. The van der Waals surface area contributed by atoms with Gasteiger partial charge in [0, 0.05) is 19.2 Å². The maximum absolute atomic E-state index is 11.8. The van der Waals surface area contributed by atoms with Crippen LogP contribution < -0.4 is 16.4 Å². The van der Waals surface area contributed by atoms with E-state index in [-0.39, 0.29) is 18.1 Å². The molecular weight excluding hydrogens is 242 g/mol. The molecule has 5 nitrogen and oxygen atoms in total. The van der Waals surface area contributed by atoms with E-state index in [0.29, 0.717) is 13.2 Å². The van der Waals surface area contributed by atoms with E-state index >= 15 is 0 Å². The van der Waals surface area contributed by atoms with E-state index in [1.165, 1.54) is 5.56 Å². The van der Waals surface area contributed by atoms with Crippen LogP contribution in [0, 0.1) is 0 Å². The third kappa shape index (κ3) is 4.54. The molecule has 19 heavy (non-hydrogen) atoms. The van der Waals surface area contributed by atoms with Crippen molar-refractivity contribution >= 4 is 6.03 Å². The van der Waals surface area contributed by atoms with Gasteiger partial charge in [0.1, 0.15) is 0 Å². The van der Waals surface area contributed by atoms with E-state index in [2.05, 4.69) is 10.6 Å². The second-order valence-electron chi connectivity index (χ2n) is 4.80. The van der Waals surface area contributed by atoms with Crippen LogP contribution in [0.4, 0.5) is 4.79 Å². The molecule has 1 aliphatic rings. The summed E-state index contributed by atoms with van der Waals surface area (Å²) in [4.78, 5) is 11.8. The Morgan fingerprint density at radius 3 is 2.84 bits per heavy atom. The summed E-state index contributed by atoms with van der Waals surface area (Å²) < 4.78 is 5.22. The van der Waals surface area contributed by atoms with Crippen LogP contribution in [0.15, 0.2) is 30.3 Å². The average Bonchev–Trinajstić information content (AvgIpc) is 2.92. The average molecular weight is 263 g/mol. The van der Waals surface area contributed by atoms with Crippen molar-refractivity contribution in [3.8, 4) is 0 Å². The summed E-state index contributed by atoms with van der Waals surface area (Å²) in [6, 6.07) is 9.92. The molecular formula is C14H21N3O2. The number of benzene rings is 1. The van der Waals surface area contributed by atoms with Gasteiger partial charge in [-0.2, -0.15) is 0 Å². The number of rotatable bonds is 5. The van der Waals surface area contributed by atoms with Gasteiger partial charge in [-0.3, -0.25) is 0 Å². The van der Waals surface area contributed by atoms with Gasteiger partial charge >= 0.3 is 6.03 Å². The van der Waals surface area contributed by atoms with Crippen molar-refractivity contribution in [2.75, 3.05) is 19.8 Å². The highest BCUT2D eigenvalue weighted by atomic mass is 16.5. The van der Waals surface area contributed by atoms with Crippen LogP contribution in [0.25, 0.3) is 0 Å². The summed E-state index contributed by atoms with van der Waals surface area (Å²) in [6.07, 6.45) is 1.62. The molecule has 0 aromatic heterocycles. The largest absolute Gasteiger partial charge is 0.379 e. The van der Waals surface area contributed by atoms with Gasteiger partial charge in [-0.25, -0.2) is 4.79 Å². The van der Waals surface area contributed by atoms with E-state index in [1.807, 2.05) is 30.3 Å². The Labute approximate surface area is 113 Å². The zero-order valence-electron chi connectivity index (χ0n) is 11.0. The standard InChI is InChI=1S/C14H21N3O2/c15-9-13(8-11-4-2-1-3-5-11)17-14(18)16-12-6-7-19-10-12/h1-5,12-13H,6-10,15H2,(H2,16,17,18). The van der Waals surface area contributed by atoms with Crippen molar-refractivity contribution in [2.45, 2.75) is 24.9 Å². The number of ether oxygens (including phenoxy) is 1. The van der Waals surface area contributed by atoms with E-state index in [4.69, 9.17) is 10.5 Å². The molecule has 4 N–H and O–H groups in total. The molecule has 1 aromatic rings. The second-order valence-corrected chi connectivity index (χ2v) is 4.80. The van der Waals surface area contributed by atoms with Crippen LogP contribution >= 0.6 is 0 Å². The summed E-state index contributed by atoms with van der Waals surface area (Å²) in [7, 11) is 0. The normalized spacial score (nSPS) is 19.9. The molecule has 2 rings (SSSR count). The van der Waals surface area contributed by atoms with Gasteiger partial charge in [0.25, 0.3) is 0 Å². The minimum atomic E-state index is -0.165. The van der Waals surface area contributed by atoms with Gasteiger partial charge in [0.15, 0.2) is 0 Å². The molecule has 2 amide bonds. The molecule has 0 radical (unpaired) electrons. The summed E-state index contributed by atoms with van der Waals surface area (Å²) in [6.45, 7) is 1.73. The smallest absolute Gasteiger partial charge is 0.315 e. The second kappa shape index (κ2) is 7.11. The summed E-state index contributed by atoms with van der Waals surface area (Å²) in [5.41, 5.74) is 6.88. The van der Waals surface area contributed by atoms with E-state index in [0.717, 1.165) is 19.4 Å². The Hall–Kier alpha value is -1.59. The molecule has 1 saturated heterocycles. The predicted octanol–water partition coefficient (Wildman–Crippen LogP) is 0.644. The molecule has 2 unspecified atom stereocenters. The molecule has 104 valence electrons. The van der Waals surface area contributed by atoms with E-state index in [9.17, 15) is 4.79 Å². The fourth-order valence-corrected chi connectivity index (χ4v) is 2.15. The van der Waals surface area contributed by atoms with Crippen molar-refractivity contribution in [3.63, 3.8) is 0 Å². The van der Waals surface area contributed by atoms with Crippen LogP contribution in [-0.4, -0.2) is 37.9 Å². The highest BCUT2D eigenvalue weighted by Crippen LogP contribution is 2.04. The molecule has 1 heterocycles. The lowest BCUT2D eigenvalue weighted by Crippen LogP contribution is -2.49. The van der Waals surface area contributed by atoms with Gasteiger partial charge < -0.3 is 21.1 Å². The molecule has 0 aliphatic carbocycles. The Bertz CT molecular complexity index is 391. The Morgan fingerprint density at radius 2 is 2.21 bits per heavy atom. The van der Waals surface area contributed by atoms with Crippen molar-refractivity contribution < 1.29 is 9.53 Å². The lowest BCUT2D eigenvalue weighted by atomic mass is 10.1. The van der Waals surface area contributed by atoms with Gasteiger partial charge in [-0.15, -0.1) is 0 Å². The monoisotopic (exact) mass is 263 g/mol. The number of urea groups is 1. The Morgan fingerprint density at radius 1 is 1.42 bits per heavy atom. The fraction of sp³-hybridized carbons (Fsp3) is 0.500. The van der Waals surface area contributed by atoms with Crippen molar-refractivity contribution in [2.24, 2.45) is 5.73 Å².